The van der Waals surface area contributed by atoms with E-state index >= 15 is 0 Å². The molecule has 0 aromatic carbocycles. The summed E-state index contributed by atoms with van der Waals surface area (Å²) in [4.78, 5) is 9.28. The quantitative estimate of drug-likeness (QED) is 0.837. The fourth-order valence-corrected chi connectivity index (χ4v) is 3.86. The normalized spacial score (nSPS) is 24.4. The van der Waals surface area contributed by atoms with Crippen LogP contribution in [0.15, 0.2) is 27.7 Å². The van der Waals surface area contributed by atoms with Gasteiger partial charge in [-0.15, -0.1) is 0 Å². The maximum Gasteiger partial charge on any atom is 0.154 e. The van der Waals surface area contributed by atoms with Crippen molar-refractivity contribution in [1.29, 1.82) is 0 Å². The van der Waals surface area contributed by atoms with Crippen LogP contribution in [0.5, 0.6) is 0 Å². The van der Waals surface area contributed by atoms with Gasteiger partial charge in [-0.25, -0.2) is 9.67 Å². The van der Waals surface area contributed by atoms with E-state index in [1.807, 2.05) is 6.92 Å². The number of aliphatic imine (C=N–C) groups is 2. The first kappa shape index (κ1) is 17.8. The van der Waals surface area contributed by atoms with Crippen molar-refractivity contribution >= 4 is 17.2 Å². The zero-order chi connectivity index (χ0) is 18.1. The van der Waals surface area contributed by atoms with Crippen LogP contribution in [-0.2, 0) is 4.74 Å². The third kappa shape index (κ3) is 3.13. The minimum atomic E-state index is 0.299. The van der Waals surface area contributed by atoms with Gasteiger partial charge >= 0.3 is 0 Å². The Balaban J connectivity index is 2.16. The van der Waals surface area contributed by atoms with Gasteiger partial charge < -0.3 is 4.74 Å². The van der Waals surface area contributed by atoms with Crippen LogP contribution in [0, 0.1) is 19.8 Å². The van der Waals surface area contributed by atoms with Crippen molar-refractivity contribution in [3.63, 3.8) is 0 Å². The summed E-state index contributed by atoms with van der Waals surface area (Å²) >= 11 is 0. The molecule has 0 aliphatic carbocycles. The Hall–Kier alpha value is -2.01. The highest BCUT2D eigenvalue weighted by Gasteiger charge is 2.30. The summed E-state index contributed by atoms with van der Waals surface area (Å²) in [5.74, 6) is 1.54. The molecule has 134 valence electrons. The molecule has 0 spiro atoms. The zero-order valence-electron chi connectivity index (χ0n) is 16.1. The molecule has 0 bridgehead atoms. The second-order valence-corrected chi connectivity index (χ2v) is 7.03. The van der Waals surface area contributed by atoms with E-state index in [1.165, 1.54) is 11.3 Å². The Bertz CT molecular complexity index is 787. The van der Waals surface area contributed by atoms with Crippen molar-refractivity contribution in [3.05, 3.63) is 34.7 Å². The van der Waals surface area contributed by atoms with Gasteiger partial charge in [0.1, 0.15) is 0 Å². The summed E-state index contributed by atoms with van der Waals surface area (Å²) in [6, 6.07) is 0. The molecular formula is C20H28N4O. The maximum atomic E-state index is 5.62. The lowest BCUT2D eigenvalue weighted by molar-refractivity contribution is 0.193. The minimum absolute atomic E-state index is 0.299. The number of dihydropyridines is 1. The van der Waals surface area contributed by atoms with E-state index in [0.29, 0.717) is 18.4 Å². The first-order valence-electron chi connectivity index (χ1n) is 9.06. The van der Waals surface area contributed by atoms with Crippen LogP contribution < -0.4 is 0 Å². The number of amidine groups is 1. The molecule has 2 aliphatic rings. The van der Waals surface area contributed by atoms with Crippen LogP contribution in [0.3, 0.4) is 0 Å². The van der Waals surface area contributed by atoms with E-state index in [2.05, 4.69) is 49.5 Å². The van der Waals surface area contributed by atoms with E-state index in [9.17, 15) is 0 Å². The summed E-state index contributed by atoms with van der Waals surface area (Å²) in [6.07, 6.45) is 5.23. The number of rotatable bonds is 3. The van der Waals surface area contributed by atoms with E-state index in [0.717, 1.165) is 41.5 Å². The number of nitrogens with zero attached hydrogens (tertiary/aromatic N) is 4. The summed E-state index contributed by atoms with van der Waals surface area (Å²) in [6.45, 7) is 12.2. The Morgan fingerprint density at radius 1 is 1.36 bits per heavy atom. The number of hydrogen-bond donors (Lipinski definition) is 0. The molecular weight excluding hydrogens is 312 g/mol. The van der Waals surface area contributed by atoms with E-state index in [-0.39, 0.29) is 0 Å². The van der Waals surface area contributed by atoms with Crippen LogP contribution in [0.2, 0.25) is 0 Å². The van der Waals surface area contributed by atoms with Crippen LogP contribution in [0.25, 0.3) is 5.70 Å². The Kier molecular flexibility index (Phi) is 5.04. The van der Waals surface area contributed by atoms with Crippen molar-refractivity contribution in [2.24, 2.45) is 15.9 Å². The highest BCUT2D eigenvalue weighted by atomic mass is 16.5. The third-order valence-corrected chi connectivity index (χ3v) is 5.03. The van der Waals surface area contributed by atoms with E-state index in [4.69, 9.17) is 14.8 Å². The molecule has 1 fully saturated rings. The molecule has 2 aliphatic heterocycles. The van der Waals surface area contributed by atoms with Gasteiger partial charge in [0.2, 0.25) is 0 Å². The molecule has 1 saturated heterocycles. The molecule has 5 nitrogen and oxygen atoms in total. The minimum Gasteiger partial charge on any atom is -0.381 e. The van der Waals surface area contributed by atoms with Crippen molar-refractivity contribution in [3.8, 4) is 0 Å². The van der Waals surface area contributed by atoms with Gasteiger partial charge in [-0.2, -0.15) is 5.10 Å². The van der Waals surface area contributed by atoms with Gasteiger partial charge in [0, 0.05) is 30.8 Å². The molecule has 1 unspecified atom stereocenters. The summed E-state index contributed by atoms with van der Waals surface area (Å²) in [5, 5.41) is 4.86. The zero-order valence-corrected chi connectivity index (χ0v) is 16.1. The van der Waals surface area contributed by atoms with Gasteiger partial charge in [-0.05, 0) is 44.7 Å². The Morgan fingerprint density at radius 2 is 2.12 bits per heavy atom. The summed E-state index contributed by atoms with van der Waals surface area (Å²) in [5.41, 5.74) is 6.75. The molecule has 0 amide bonds. The fourth-order valence-electron chi connectivity index (χ4n) is 3.86. The average Bonchev–Trinajstić information content (AvgIpc) is 3.21. The van der Waals surface area contributed by atoms with Gasteiger partial charge in [-0.1, -0.05) is 19.9 Å². The molecule has 25 heavy (non-hydrogen) atoms. The second kappa shape index (κ2) is 7.08. The molecule has 0 N–H and O–H groups in total. The Labute approximate surface area is 150 Å². The SMILES string of the molecule is C/C=C1/C=C(n2nc(C)c(C(C)C)c2C)C(C2CCOC2)=NC1=NC. The highest BCUT2D eigenvalue weighted by Crippen LogP contribution is 2.31. The first-order chi connectivity index (χ1) is 12.0. The van der Waals surface area contributed by atoms with Gasteiger partial charge in [0.05, 0.1) is 23.7 Å². The van der Waals surface area contributed by atoms with E-state index in [1.54, 1.807) is 7.05 Å². The van der Waals surface area contributed by atoms with Crippen LogP contribution >= 0.6 is 0 Å². The van der Waals surface area contributed by atoms with Crippen molar-refractivity contribution in [2.45, 2.75) is 47.0 Å². The lowest BCUT2D eigenvalue weighted by atomic mass is 9.95. The maximum absolute atomic E-state index is 5.62. The molecule has 3 rings (SSSR count). The molecule has 0 saturated carbocycles. The molecule has 5 heteroatoms. The van der Waals surface area contributed by atoms with Gasteiger partial charge in [-0.3, -0.25) is 4.99 Å². The van der Waals surface area contributed by atoms with Crippen LogP contribution in [0.1, 0.15) is 50.1 Å². The molecule has 0 radical (unpaired) electrons. The topological polar surface area (TPSA) is 51.8 Å². The molecule has 1 atom stereocenters. The number of aryl methyl sites for hydroxylation is 1. The predicted octanol–water partition coefficient (Wildman–Crippen LogP) is 3.93. The van der Waals surface area contributed by atoms with Crippen molar-refractivity contribution < 1.29 is 4.74 Å². The summed E-state index contributed by atoms with van der Waals surface area (Å²) < 4.78 is 7.69. The fraction of sp³-hybridized carbons (Fsp3) is 0.550. The number of aromatic nitrogens is 2. The monoisotopic (exact) mass is 340 g/mol. The number of ether oxygens (including phenoxy) is 1. The van der Waals surface area contributed by atoms with Crippen molar-refractivity contribution in [1.82, 2.24) is 9.78 Å². The van der Waals surface area contributed by atoms with Crippen LogP contribution in [-0.4, -0.2) is 41.6 Å². The van der Waals surface area contributed by atoms with Gasteiger partial charge in [0.25, 0.3) is 0 Å². The third-order valence-electron chi connectivity index (χ3n) is 5.03. The van der Waals surface area contributed by atoms with Gasteiger partial charge in [0.15, 0.2) is 5.84 Å². The number of allylic oxidation sites excluding steroid dienone is 2. The van der Waals surface area contributed by atoms with Crippen molar-refractivity contribution in [2.75, 3.05) is 20.3 Å². The average molecular weight is 340 g/mol. The Morgan fingerprint density at radius 3 is 2.64 bits per heavy atom. The smallest absolute Gasteiger partial charge is 0.154 e. The number of hydrogen-bond acceptors (Lipinski definition) is 3. The predicted molar refractivity (Wildman–Crippen MR) is 104 cm³/mol. The lowest BCUT2D eigenvalue weighted by Crippen LogP contribution is -2.26. The standard InChI is InChI=1S/C20H28N4O/c1-7-15-10-17(24-14(5)18(12(2)3)13(4)23-24)19(22-20(15)21-6)16-8-9-25-11-16/h7,10,12,16H,8-9,11H2,1-6H3/b15-7-,21-20?. The molecule has 1 aromatic heterocycles. The second-order valence-electron chi connectivity index (χ2n) is 7.03. The molecule has 1 aromatic rings. The lowest BCUT2D eigenvalue weighted by Gasteiger charge is -2.22. The highest BCUT2D eigenvalue weighted by molar-refractivity contribution is 6.29. The van der Waals surface area contributed by atoms with Crippen LogP contribution in [0.4, 0.5) is 0 Å². The molecule has 3 heterocycles. The van der Waals surface area contributed by atoms with E-state index < -0.39 is 0 Å². The first-order valence-corrected chi connectivity index (χ1v) is 9.06. The largest absolute Gasteiger partial charge is 0.381 e. The summed E-state index contributed by atoms with van der Waals surface area (Å²) in [7, 11) is 1.80.